The normalized spacial score (nSPS) is 10.2. The summed E-state index contributed by atoms with van der Waals surface area (Å²) in [5, 5.41) is 17.3. The van der Waals surface area contributed by atoms with E-state index >= 15 is 0 Å². The first-order valence-electron chi connectivity index (χ1n) is 4.83. The maximum Gasteiger partial charge on any atom is 0.270 e. The zero-order chi connectivity index (χ0) is 12.4. The Hall–Kier alpha value is -2.44. The third-order valence-electron chi connectivity index (χ3n) is 2.23. The molecule has 0 aliphatic carbocycles. The third kappa shape index (κ3) is 2.07. The molecule has 0 atom stereocenters. The minimum Gasteiger partial charge on any atom is -0.496 e. The van der Waals surface area contributed by atoms with Gasteiger partial charge in [-0.15, -0.1) is 0 Å². The number of benzene rings is 1. The molecule has 1 aromatic heterocycles. The molecule has 7 nitrogen and oxygen atoms in total. The summed E-state index contributed by atoms with van der Waals surface area (Å²) in [6.07, 6.45) is 0. The number of rotatable bonds is 3. The van der Waals surface area contributed by atoms with Gasteiger partial charge < -0.3 is 4.74 Å². The van der Waals surface area contributed by atoms with E-state index in [1.54, 1.807) is 6.92 Å². The van der Waals surface area contributed by atoms with Crippen molar-refractivity contribution >= 4 is 5.69 Å². The minimum absolute atomic E-state index is 0.0248. The number of hydrogen-bond acceptors (Lipinski definition) is 5. The number of non-ortho nitro benzene ring substituents is 1. The Morgan fingerprint density at radius 2 is 2.24 bits per heavy atom. The van der Waals surface area contributed by atoms with Gasteiger partial charge in [-0.3, -0.25) is 15.2 Å². The first-order valence-corrected chi connectivity index (χ1v) is 4.83. The van der Waals surface area contributed by atoms with E-state index in [2.05, 4.69) is 15.2 Å². The Kier molecular flexibility index (Phi) is 2.73. The first kappa shape index (κ1) is 11.1. The van der Waals surface area contributed by atoms with Gasteiger partial charge in [0.1, 0.15) is 11.6 Å². The van der Waals surface area contributed by atoms with Gasteiger partial charge in [-0.05, 0) is 13.0 Å². The van der Waals surface area contributed by atoms with E-state index in [-0.39, 0.29) is 5.69 Å². The highest BCUT2D eigenvalue weighted by Gasteiger charge is 2.15. The molecule has 0 aliphatic heterocycles. The van der Waals surface area contributed by atoms with Crippen molar-refractivity contribution < 1.29 is 9.66 Å². The summed E-state index contributed by atoms with van der Waals surface area (Å²) in [5.41, 5.74) is 0.467. The molecule has 1 heterocycles. The van der Waals surface area contributed by atoms with Crippen LogP contribution in [0, 0.1) is 17.0 Å². The standard InChI is InChI=1S/C10H10N4O3/c1-6-11-10(13-12-6)8-5-7(14(15)16)3-4-9(8)17-2/h3-5H,1-2H3,(H,11,12,13). The molecule has 88 valence electrons. The molecule has 0 radical (unpaired) electrons. The van der Waals surface area contributed by atoms with Crippen LogP contribution in [0.4, 0.5) is 5.69 Å². The monoisotopic (exact) mass is 234 g/mol. The molecule has 7 heteroatoms. The molecule has 0 unspecified atom stereocenters. The van der Waals surface area contributed by atoms with Crippen molar-refractivity contribution in [2.24, 2.45) is 0 Å². The van der Waals surface area contributed by atoms with Crippen LogP contribution >= 0.6 is 0 Å². The first-order chi connectivity index (χ1) is 8.11. The largest absolute Gasteiger partial charge is 0.496 e. The second kappa shape index (κ2) is 4.20. The van der Waals surface area contributed by atoms with Crippen LogP contribution in [0.5, 0.6) is 5.75 Å². The summed E-state index contributed by atoms with van der Waals surface area (Å²) in [4.78, 5) is 14.4. The van der Waals surface area contributed by atoms with Crippen LogP contribution < -0.4 is 4.74 Å². The lowest BCUT2D eigenvalue weighted by atomic mass is 10.1. The van der Waals surface area contributed by atoms with Crippen LogP contribution in [0.25, 0.3) is 11.4 Å². The predicted octanol–water partition coefficient (Wildman–Crippen LogP) is 1.70. The van der Waals surface area contributed by atoms with E-state index in [1.807, 2.05) is 0 Å². The summed E-state index contributed by atoms with van der Waals surface area (Å²) < 4.78 is 5.13. The van der Waals surface area contributed by atoms with Gasteiger partial charge in [0.25, 0.3) is 5.69 Å². The molecule has 0 amide bonds. The average molecular weight is 234 g/mol. The Labute approximate surface area is 96.6 Å². The molecule has 2 rings (SSSR count). The molecular formula is C10H10N4O3. The Balaban J connectivity index is 2.57. The maximum absolute atomic E-state index is 10.7. The number of hydrogen-bond donors (Lipinski definition) is 1. The van der Waals surface area contributed by atoms with Crippen LogP contribution in [-0.4, -0.2) is 27.2 Å². The molecule has 1 N–H and O–H groups in total. The van der Waals surface area contributed by atoms with Gasteiger partial charge in [0.2, 0.25) is 0 Å². The molecule has 0 fully saturated rings. The van der Waals surface area contributed by atoms with Gasteiger partial charge >= 0.3 is 0 Å². The van der Waals surface area contributed by atoms with E-state index in [0.29, 0.717) is 23.0 Å². The smallest absolute Gasteiger partial charge is 0.270 e. The number of nitrogens with zero attached hydrogens (tertiary/aromatic N) is 3. The van der Waals surface area contributed by atoms with Crippen molar-refractivity contribution in [3.8, 4) is 17.1 Å². The topological polar surface area (TPSA) is 93.9 Å². The summed E-state index contributed by atoms with van der Waals surface area (Å²) >= 11 is 0. The van der Waals surface area contributed by atoms with E-state index < -0.39 is 4.92 Å². The molecule has 2 aromatic rings. The molecule has 1 aromatic carbocycles. The van der Waals surface area contributed by atoms with Crippen LogP contribution in [0.1, 0.15) is 5.82 Å². The lowest BCUT2D eigenvalue weighted by Gasteiger charge is -2.04. The SMILES string of the molecule is COc1ccc([N+](=O)[O-])cc1-c1n[nH]c(C)n1. The highest BCUT2D eigenvalue weighted by molar-refractivity contribution is 5.67. The zero-order valence-corrected chi connectivity index (χ0v) is 9.30. The summed E-state index contributed by atoms with van der Waals surface area (Å²) in [6, 6.07) is 4.29. The average Bonchev–Trinajstić information content (AvgIpc) is 2.74. The van der Waals surface area contributed by atoms with Crippen LogP contribution in [0.15, 0.2) is 18.2 Å². The second-order valence-corrected chi connectivity index (χ2v) is 3.39. The molecule has 17 heavy (non-hydrogen) atoms. The van der Waals surface area contributed by atoms with E-state index in [9.17, 15) is 10.1 Å². The number of aromatic amines is 1. The lowest BCUT2D eigenvalue weighted by molar-refractivity contribution is -0.384. The predicted molar refractivity (Wildman–Crippen MR) is 59.8 cm³/mol. The Morgan fingerprint density at radius 3 is 2.76 bits per heavy atom. The molecular weight excluding hydrogens is 224 g/mol. The van der Waals surface area contributed by atoms with Crippen molar-refractivity contribution in [1.29, 1.82) is 0 Å². The molecule has 0 spiro atoms. The van der Waals surface area contributed by atoms with Gasteiger partial charge in [-0.25, -0.2) is 4.98 Å². The van der Waals surface area contributed by atoms with Crippen LogP contribution in [-0.2, 0) is 0 Å². The van der Waals surface area contributed by atoms with Gasteiger partial charge in [-0.1, -0.05) is 0 Å². The van der Waals surface area contributed by atoms with Gasteiger partial charge in [-0.2, -0.15) is 5.10 Å². The number of H-pyrrole nitrogens is 1. The van der Waals surface area contributed by atoms with Crippen LogP contribution in [0.3, 0.4) is 0 Å². The van der Waals surface area contributed by atoms with Crippen LogP contribution in [0.2, 0.25) is 0 Å². The second-order valence-electron chi connectivity index (χ2n) is 3.39. The quantitative estimate of drug-likeness (QED) is 0.644. The number of nitro groups is 1. The molecule has 0 saturated carbocycles. The van der Waals surface area contributed by atoms with Gasteiger partial charge in [0.05, 0.1) is 17.6 Å². The summed E-state index contributed by atoms with van der Waals surface area (Å²) in [7, 11) is 1.49. The highest BCUT2D eigenvalue weighted by Crippen LogP contribution is 2.30. The lowest BCUT2D eigenvalue weighted by Crippen LogP contribution is -1.93. The zero-order valence-electron chi connectivity index (χ0n) is 9.30. The van der Waals surface area contributed by atoms with Crippen molar-refractivity contribution in [3.63, 3.8) is 0 Å². The van der Waals surface area contributed by atoms with Crippen molar-refractivity contribution in [1.82, 2.24) is 15.2 Å². The molecule has 0 aliphatic rings. The number of methoxy groups -OCH3 is 1. The minimum atomic E-state index is -0.470. The highest BCUT2D eigenvalue weighted by atomic mass is 16.6. The fraction of sp³-hybridized carbons (Fsp3) is 0.200. The van der Waals surface area contributed by atoms with E-state index in [0.717, 1.165) is 0 Å². The Morgan fingerprint density at radius 1 is 1.47 bits per heavy atom. The van der Waals surface area contributed by atoms with Crippen molar-refractivity contribution in [2.75, 3.05) is 7.11 Å². The number of aromatic nitrogens is 3. The number of ether oxygens (including phenoxy) is 1. The fourth-order valence-corrected chi connectivity index (χ4v) is 1.45. The summed E-state index contributed by atoms with van der Waals surface area (Å²) in [6.45, 7) is 1.75. The van der Waals surface area contributed by atoms with Crippen molar-refractivity contribution in [3.05, 3.63) is 34.1 Å². The number of nitrogens with one attached hydrogen (secondary N) is 1. The van der Waals surface area contributed by atoms with Gasteiger partial charge in [0.15, 0.2) is 5.82 Å². The van der Waals surface area contributed by atoms with Crippen molar-refractivity contribution in [2.45, 2.75) is 6.92 Å². The maximum atomic E-state index is 10.7. The van der Waals surface area contributed by atoms with E-state index in [1.165, 1.54) is 25.3 Å². The fourth-order valence-electron chi connectivity index (χ4n) is 1.45. The number of aryl methyl sites for hydroxylation is 1. The van der Waals surface area contributed by atoms with E-state index in [4.69, 9.17) is 4.74 Å². The van der Waals surface area contributed by atoms with Gasteiger partial charge in [0, 0.05) is 12.1 Å². The Bertz CT molecular complexity index is 564. The summed E-state index contributed by atoms with van der Waals surface area (Å²) in [5.74, 6) is 1.51. The third-order valence-corrected chi connectivity index (χ3v) is 2.23. The molecule has 0 saturated heterocycles. The number of nitro benzene ring substituents is 1. The molecule has 0 bridgehead atoms.